The van der Waals surface area contributed by atoms with E-state index in [2.05, 4.69) is 0 Å². The second-order valence-corrected chi connectivity index (χ2v) is 4.54. The van der Waals surface area contributed by atoms with Gasteiger partial charge in [-0.1, -0.05) is 19.3 Å². The van der Waals surface area contributed by atoms with Crippen LogP contribution in [0, 0.1) is 0 Å². The third kappa shape index (κ3) is 2.23. The van der Waals surface area contributed by atoms with Gasteiger partial charge in [0, 0.05) is 5.57 Å². The Labute approximate surface area is 90.1 Å². The molecular weight excluding hydrogens is 192 g/mol. The molecule has 84 valence electrons. The normalized spacial score (nSPS) is 25.3. The molecule has 2 rings (SSSR count). The maximum atomic E-state index is 12.1. The molecule has 3 nitrogen and oxygen atoms in total. The summed E-state index contributed by atoms with van der Waals surface area (Å²) in [7, 11) is 0. The predicted octanol–water partition coefficient (Wildman–Crippen LogP) is 1.95. The Bertz CT molecular complexity index is 275. The zero-order valence-electron chi connectivity index (χ0n) is 9.00. The van der Waals surface area contributed by atoms with Crippen LogP contribution in [-0.2, 0) is 9.53 Å². The molecule has 1 aliphatic heterocycles. The quantitative estimate of drug-likeness (QED) is 0.757. The number of Topliss-reactive ketones (excluding diaryl/α,β-unsaturated/α-hetero) is 1. The fraction of sp³-hybridized carbons (Fsp3) is 0.750. The number of hydrogen-bond donors (Lipinski definition) is 1. The van der Waals surface area contributed by atoms with E-state index in [1.54, 1.807) is 6.26 Å². The van der Waals surface area contributed by atoms with Gasteiger partial charge in [-0.05, 0) is 25.7 Å². The summed E-state index contributed by atoms with van der Waals surface area (Å²) in [4.78, 5) is 12.1. The SMILES string of the molecule is O=C(C1=COCCC1)C1(O)CCCCC1. The number of aliphatic hydroxyl groups is 1. The summed E-state index contributed by atoms with van der Waals surface area (Å²) in [6.45, 7) is 0.690. The van der Waals surface area contributed by atoms with Gasteiger partial charge in [-0.25, -0.2) is 0 Å². The van der Waals surface area contributed by atoms with E-state index in [-0.39, 0.29) is 5.78 Å². The lowest BCUT2D eigenvalue weighted by Gasteiger charge is -2.31. The van der Waals surface area contributed by atoms with Crippen LogP contribution in [0.15, 0.2) is 11.8 Å². The van der Waals surface area contributed by atoms with Crippen molar-refractivity contribution in [3.63, 3.8) is 0 Å². The molecule has 1 saturated carbocycles. The summed E-state index contributed by atoms with van der Waals surface area (Å²) in [5, 5.41) is 10.2. The van der Waals surface area contributed by atoms with E-state index in [1.165, 1.54) is 0 Å². The number of hydrogen-bond acceptors (Lipinski definition) is 3. The Morgan fingerprint density at radius 1 is 1.27 bits per heavy atom. The summed E-state index contributed by atoms with van der Waals surface area (Å²) in [5.74, 6) is -0.0955. The molecule has 0 radical (unpaired) electrons. The highest BCUT2D eigenvalue weighted by Gasteiger charge is 2.38. The van der Waals surface area contributed by atoms with Crippen LogP contribution in [0.5, 0.6) is 0 Å². The summed E-state index contributed by atoms with van der Waals surface area (Å²) in [6, 6.07) is 0. The van der Waals surface area contributed by atoms with Crippen molar-refractivity contribution in [3.05, 3.63) is 11.8 Å². The number of ether oxygens (including phenoxy) is 1. The number of ketones is 1. The Kier molecular flexibility index (Phi) is 3.10. The van der Waals surface area contributed by atoms with Crippen LogP contribution >= 0.6 is 0 Å². The first-order valence-corrected chi connectivity index (χ1v) is 5.80. The summed E-state index contributed by atoms with van der Waals surface area (Å²) in [5.41, 5.74) is -0.421. The Morgan fingerprint density at radius 2 is 2.00 bits per heavy atom. The van der Waals surface area contributed by atoms with Gasteiger partial charge in [-0.15, -0.1) is 0 Å². The molecule has 0 amide bonds. The highest BCUT2D eigenvalue weighted by atomic mass is 16.5. The molecule has 1 N–H and O–H groups in total. The van der Waals surface area contributed by atoms with Gasteiger partial charge in [0.1, 0.15) is 5.60 Å². The monoisotopic (exact) mass is 210 g/mol. The number of rotatable bonds is 2. The third-order valence-electron chi connectivity index (χ3n) is 3.33. The molecule has 0 atom stereocenters. The van der Waals surface area contributed by atoms with Crippen LogP contribution in [-0.4, -0.2) is 23.1 Å². The van der Waals surface area contributed by atoms with E-state index in [0.717, 1.165) is 32.1 Å². The smallest absolute Gasteiger partial charge is 0.193 e. The van der Waals surface area contributed by atoms with Gasteiger partial charge in [0.2, 0.25) is 0 Å². The first kappa shape index (κ1) is 10.7. The highest BCUT2D eigenvalue weighted by molar-refractivity contribution is 6.01. The zero-order chi connectivity index (χ0) is 10.7. The van der Waals surface area contributed by atoms with Gasteiger partial charge >= 0.3 is 0 Å². The average molecular weight is 210 g/mol. The first-order valence-electron chi connectivity index (χ1n) is 5.80. The second-order valence-electron chi connectivity index (χ2n) is 4.54. The van der Waals surface area contributed by atoms with Gasteiger partial charge in [0.25, 0.3) is 0 Å². The third-order valence-corrected chi connectivity index (χ3v) is 3.33. The van der Waals surface area contributed by atoms with Crippen molar-refractivity contribution in [2.75, 3.05) is 6.61 Å². The molecule has 0 bridgehead atoms. The van der Waals surface area contributed by atoms with E-state index in [0.29, 0.717) is 25.0 Å². The van der Waals surface area contributed by atoms with E-state index >= 15 is 0 Å². The van der Waals surface area contributed by atoms with Crippen LogP contribution in [0.4, 0.5) is 0 Å². The minimum absolute atomic E-state index is 0.0955. The lowest BCUT2D eigenvalue weighted by molar-refractivity contribution is -0.136. The molecule has 0 spiro atoms. The lowest BCUT2D eigenvalue weighted by atomic mass is 9.79. The fourth-order valence-corrected chi connectivity index (χ4v) is 2.39. The van der Waals surface area contributed by atoms with Gasteiger partial charge in [0.05, 0.1) is 12.9 Å². The number of carbonyl (C=O) groups excluding carboxylic acids is 1. The van der Waals surface area contributed by atoms with Gasteiger partial charge in [-0.3, -0.25) is 4.79 Å². The van der Waals surface area contributed by atoms with Crippen molar-refractivity contribution in [1.29, 1.82) is 0 Å². The maximum absolute atomic E-state index is 12.1. The van der Waals surface area contributed by atoms with E-state index in [4.69, 9.17) is 4.74 Å². The van der Waals surface area contributed by atoms with Gasteiger partial charge < -0.3 is 9.84 Å². The van der Waals surface area contributed by atoms with Crippen LogP contribution in [0.1, 0.15) is 44.9 Å². The second kappa shape index (κ2) is 4.35. The molecule has 0 saturated heterocycles. The first-order chi connectivity index (χ1) is 7.22. The lowest BCUT2D eigenvalue weighted by Crippen LogP contribution is -2.41. The number of carbonyl (C=O) groups is 1. The van der Waals surface area contributed by atoms with E-state index in [1.807, 2.05) is 0 Å². The molecule has 0 aromatic rings. The van der Waals surface area contributed by atoms with Crippen LogP contribution in [0.25, 0.3) is 0 Å². The molecule has 2 aliphatic rings. The van der Waals surface area contributed by atoms with Crippen LogP contribution < -0.4 is 0 Å². The highest BCUT2D eigenvalue weighted by Crippen LogP contribution is 2.32. The Morgan fingerprint density at radius 3 is 2.60 bits per heavy atom. The largest absolute Gasteiger partial charge is 0.501 e. The standard InChI is InChI=1S/C12H18O3/c13-11(10-5-4-8-15-9-10)12(14)6-2-1-3-7-12/h9,14H,1-8H2. The van der Waals surface area contributed by atoms with Crippen molar-refractivity contribution in [2.24, 2.45) is 0 Å². The van der Waals surface area contributed by atoms with Crippen molar-refractivity contribution < 1.29 is 14.6 Å². The van der Waals surface area contributed by atoms with Crippen molar-refractivity contribution >= 4 is 5.78 Å². The minimum Gasteiger partial charge on any atom is -0.501 e. The Balaban J connectivity index is 2.08. The molecule has 1 aliphatic carbocycles. The average Bonchev–Trinajstić information content (AvgIpc) is 2.30. The summed E-state index contributed by atoms with van der Waals surface area (Å²) >= 11 is 0. The van der Waals surface area contributed by atoms with Crippen molar-refractivity contribution in [2.45, 2.75) is 50.5 Å². The van der Waals surface area contributed by atoms with Gasteiger partial charge in [-0.2, -0.15) is 0 Å². The molecule has 1 heterocycles. The Hall–Kier alpha value is -0.830. The molecule has 0 aromatic carbocycles. The van der Waals surface area contributed by atoms with Crippen molar-refractivity contribution in [3.8, 4) is 0 Å². The zero-order valence-corrected chi connectivity index (χ0v) is 9.00. The predicted molar refractivity (Wildman–Crippen MR) is 56.3 cm³/mol. The molecule has 0 aromatic heterocycles. The van der Waals surface area contributed by atoms with E-state index in [9.17, 15) is 9.90 Å². The van der Waals surface area contributed by atoms with Crippen molar-refractivity contribution in [1.82, 2.24) is 0 Å². The molecule has 0 unspecified atom stereocenters. The minimum atomic E-state index is -1.09. The van der Waals surface area contributed by atoms with Crippen LogP contribution in [0.2, 0.25) is 0 Å². The summed E-state index contributed by atoms with van der Waals surface area (Å²) < 4.78 is 5.15. The maximum Gasteiger partial charge on any atom is 0.193 e. The van der Waals surface area contributed by atoms with E-state index < -0.39 is 5.60 Å². The fourth-order valence-electron chi connectivity index (χ4n) is 2.39. The molecule has 3 heteroatoms. The van der Waals surface area contributed by atoms with Crippen LogP contribution in [0.3, 0.4) is 0 Å². The topological polar surface area (TPSA) is 46.5 Å². The molecule has 1 fully saturated rings. The molecule has 15 heavy (non-hydrogen) atoms. The molecular formula is C12H18O3. The van der Waals surface area contributed by atoms with Gasteiger partial charge in [0.15, 0.2) is 5.78 Å². The summed E-state index contributed by atoms with van der Waals surface area (Å²) in [6.07, 6.45) is 7.44.